The largest absolute Gasteiger partial charge is 0.305 e. The number of nitrogens with zero attached hydrogens (tertiary/aromatic N) is 2. The molecule has 2 aromatic rings. The highest BCUT2D eigenvalue weighted by Crippen LogP contribution is 2.18. The fourth-order valence-corrected chi connectivity index (χ4v) is 2.80. The van der Waals surface area contributed by atoms with Gasteiger partial charge in [0.2, 0.25) is 10.0 Å². The minimum atomic E-state index is -3.37. The Morgan fingerprint density at radius 3 is 2.43 bits per heavy atom. The average molecular weight is 308 g/mol. The normalized spacial score (nSPS) is 13.5. The van der Waals surface area contributed by atoms with E-state index in [0.29, 0.717) is 11.4 Å². The van der Waals surface area contributed by atoms with E-state index < -0.39 is 10.0 Å². The standard InChI is InChI=1S/C14H20N4O2S/c1-11(15-10-13-8-9-16-17-13)12-4-6-14(7-5-12)21(19,20)18(2)3/h4-9,11,15H,10H2,1-3H3,(H,16,17). The molecule has 1 atom stereocenters. The molecule has 1 unspecified atom stereocenters. The van der Waals surface area contributed by atoms with Gasteiger partial charge in [-0.2, -0.15) is 5.10 Å². The van der Waals surface area contributed by atoms with Crippen LogP contribution in [0.4, 0.5) is 0 Å². The predicted molar refractivity (Wildman–Crippen MR) is 81.2 cm³/mol. The lowest BCUT2D eigenvalue weighted by molar-refractivity contribution is 0.520. The number of nitrogens with one attached hydrogen (secondary N) is 2. The summed E-state index contributed by atoms with van der Waals surface area (Å²) in [6, 6.07) is 8.97. The van der Waals surface area contributed by atoms with Crippen LogP contribution in [0.1, 0.15) is 24.2 Å². The van der Waals surface area contributed by atoms with Crippen molar-refractivity contribution >= 4 is 10.0 Å². The molecule has 0 saturated carbocycles. The second kappa shape index (κ2) is 6.38. The molecule has 0 saturated heterocycles. The summed E-state index contributed by atoms with van der Waals surface area (Å²) >= 11 is 0. The fraction of sp³-hybridized carbons (Fsp3) is 0.357. The van der Waals surface area contributed by atoms with Gasteiger partial charge in [0.25, 0.3) is 0 Å². The monoisotopic (exact) mass is 308 g/mol. The molecule has 0 aliphatic carbocycles. The molecule has 0 fully saturated rings. The lowest BCUT2D eigenvalue weighted by Crippen LogP contribution is -2.22. The van der Waals surface area contributed by atoms with Gasteiger partial charge >= 0.3 is 0 Å². The summed E-state index contributed by atoms with van der Waals surface area (Å²) in [6.45, 7) is 2.71. The molecule has 1 heterocycles. The van der Waals surface area contributed by atoms with Gasteiger partial charge in [0.15, 0.2) is 0 Å². The van der Waals surface area contributed by atoms with Gasteiger partial charge in [-0.15, -0.1) is 0 Å². The minimum absolute atomic E-state index is 0.115. The van der Waals surface area contributed by atoms with E-state index in [4.69, 9.17) is 0 Å². The average Bonchev–Trinajstić information content (AvgIpc) is 2.98. The summed E-state index contributed by atoms with van der Waals surface area (Å²) in [4.78, 5) is 0.303. The first-order chi connectivity index (χ1) is 9.91. The number of aromatic nitrogens is 2. The second-order valence-corrected chi connectivity index (χ2v) is 7.19. The van der Waals surface area contributed by atoms with Crippen LogP contribution in [-0.2, 0) is 16.6 Å². The summed E-state index contributed by atoms with van der Waals surface area (Å²) < 4.78 is 25.2. The van der Waals surface area contributed by atoms with Crippen molar-refractivity contribution < 1.29 is 8.42 Å². The summed E-state index contributed by atoms with van der Waals surface area (Å²) in [5.74, 6) is 0. The Balaban J connectivity index is 2.05. The number of H-pyrrole nitrogens is 1. The molecule has 114 valence electrons. The van der Waals surface area contributed by atoms with Crippen LogP contribution in [0.2, 0.25) is 0 Å². The van der Waals surface area contributed by atoms with Crippen LogP contribution in [0.5, 0.6) is 0 Å². The number of hydrogen-bond acceptors (Lipinski definition) is 4. The second-order valence-electron chi connectivity index (χ2n) is 5.04. The van der Waals surface area contributed by atoms with Crippen molar-refractivity contribution in [1.29, 1.82) is 0 Å². The van der Waals surface area contributed by atoms with Gasteiger partial charge in [0.1, 0.15) is 0 Å². The number of benzene rings is 1. The van der Waals surface area contributed by atoms with Crippen molar-refractivity contribution in [2.75, 3.05) is 14.1 Å². The van der Waals surface area contributed by atoms with Gasteiger partial charge in [-0.05, 0) is 30.7 Å². The van der Waals surface area contributed by atoms with Crippen molar-refractivity contribution in [3.05, 3.63) is 47.8 Å². The molecule has 0 amide bonds. The molecule has 6 nitrogen and oxygen atoms in total. The molecule has 1 aromatic heterocycles. The summed E-state index contributed by atoms with van der Waals surface area (Å²) in [5.41, 5.74) is 2.04. The Morgan fingerprint density at radius 1 is 1.24 bits per heavy atom. The molecule has 21 heavy (non-hydrogen) atoms. The van der Waals surface area contributed by atoms with Gasteiger partial charge in [0.05, 0.1) is 4.90 Å². The van der Waals surface area contributed by atoms with Crippen LogP contribution in [0.3, 0.4) is 0 Å². The Hall–Kier alpha value is -1.70. The Kier molecular flexibility index (Phi) is 4.76. The Morgan fingerprint density at radius 2 is 1.90 bits per heavy atom. The van der Waals surface area contributed by atoms with Gasteiger partial charge in [-0.1, -0.05) is 12.1 Å². The first kappa shape index (κ1) is 15.7. The maximum atomic E-state index is 12.0. The van der Waals surface area contributed by atoms with E-state index in [9.17, 15) is 8.42 Å². The third-order valence-electron chi connectivity index (χ3n) is 3.32. The first-order valence-electron chi connectivity index (χ1n) is 6.65. The Bertz CT molecular complexity index is 664. The molecule has 0 aliphatic rings. The van der Waals surface area contributed by atoms with Crippen LogP contribution < -0.4 is 5.32 Å². The maximum Gasteiger partial charge on any atom is 0.242 e. The van der Waals surface area contributed by atoms with Gasteiger partial charge in [0, 0.05) is 38.6 Å². The highest BCUT2D eigenvalue weighted by molar-refractivity contribution is 7.89. The topological polar surface area (TPSA) is 78.1 Å². The smallest absolute Gasteiger partial charge is 0.242 e. The Labute approximate surface area is 125 Å². The van der Waals surface area contributed by atoms with E-state index in [1.807, 2.05) is 25.1 Å². The molecule has 7 heteroatoms. The lowest BCUT2D eigenvalue weighted by Gasteiger charge is -2.15. The number of rotatable bonds is 6. The fourth-order valence-electron chi connectivity index (χ4n) is 1.90. The van der Waals surface area contributed by atoms with Gasteiger partial charge < -0.3 is 5.32 Å². The van der Waals surface area contributed by atoms with E-state index >= 15 is 0 Å². The molecular formula is C14H20N4O2S. The SMILES string of the molecule is CC(NCc1ccn[nH]1)c1ccc(S(=O)(=O)N(C)C)cc1. The molecule has 0 bridgehead atoms. The zero-order valence-corrected chi connectivity index (χ0v) is 13.2. The van der Waals surface area contributed by atoms with E-state index in [-0.39, 0.29) is 6.04 Å². The predicted octanol–water partition coefficient (Wildman–Crippen LogP) is 1.51. The lowest BCUT2D eigenvalue weighted by atomic mass is 10.1. The van der Waals surface area contributed by atoms with E-state index in [1.54, 1.807) is 18.3 Å². The third kappa shape index (κ3) is 3.69. The van der Waals surface area contributed by atoms with Crippen LogP contribution in [0, 0.1) is 0 Å². The zero-order valence-electron chi connectivity index (χ0n) is 12.4. The van der Waals surface area contributed by atoms with Crippen LogP contribution >= 0.6 is 0 Å². The first-order valence-corrected chi connectivity index (χ1v) is 8.09. The summed E-state index contributed by atoms with van der Waals surface area (Å²) in [7, 11) is -0.316. The van der Waals surface area contributed by atoms with Crippen molar-refractivity contribution in [2.45, 2.75) is 24.4 Å². The molecular weight excluding hydrogens is 288 g/mol. The summed E-state index contributed by atoms with van der Waals surface area (Å²) in [6.07, 6.45) is 1.71. The van der Waals surface area contributed by atoms with Crippen molar-refractivity contribution in [3.8, 4) is 0 Å². The molecule has 0 radical (unpaired) electrons. The van der Waals surface area contributed by atoms with Gasteiger partial charge in [-0.3, -0.25) is 5.10 Å². The quantitative estimate of drug-likeness (QED) is 0.848. The number of hydrogen-bond donors (Lipinski definition) is 2. The molecule has 2 N–H and O–H groups in total. The third-order valence-corrected chi connectivity index (χ3v) is 5.15. The van der Waals surface area contributed by atoms with Crippen LogP contribution in [0.15, 0.2) is 41.4 Å². The van der Waals surface area contributed by atoms with Crippen molar-refractivity contribution in [1.82, 2.24) is 19.8 Å². The molecule has 2 rings (SSSR count). The summed E-state index contributed by atoms with van der Waals surface area (Å²) in [5, 5.41) is 10.1. The van der Waals surface area contributed by atoms with Crippen molar-refractivity contribution in [3.63, 3.8) is 0 Å². The molecule has 1 aromatic carbocycles. The van der Waals surface area contributed by atoms with Crippen LogP contribution in [-0.4, -0.2) is 37.0 Å². The minimum Gasteiger partial charge on any atom is -0.305 e. The zero-order chi connectivity index (χ0) is 15.5. The van der Waals surface area contributed by atoms with E-state index in [1.165, 1.54) is 18.4 Å². The van der Waals surface area contributed by atoms with Gasteiger partial charge in [-0.25, -0.2) is 12.7 Å². The number of aromatic amines is 1. The molecule has 0 aliphatic heterocycles. The number of sulfonamides is 1. The highest BCUT2D eigenvalue weighted by Gasteiger charge is 2.17. The maximum absolute atomic E-state index is 12.0. The van der Waals surface area contributed by atoms with Crippen LogP contribution in [0.25, 0.3) is 0 Å². The van der Waals surface area contributed by atoms with E-state index in [0.717, 1.165) is 11.3 Å². The van der Waals surface area contributed by atoms with Crippen molar-refractivity contribution in [2.24, 2.45) is 0 Å². The highest BCUT2D eigenvalue weighted by atomic mass is 32.2. The van der Waals surface area contributed by atoms with E-state index in [2.05, 4.69) is 15.5 Å². The molecule has 0 spiro atoms.